The first-order valence-electron chi connectivity index (χ1n) is 6.37. The topological polar surface area (TPSA) is 69.1 Å². The van der Waals surface area contributed by atoms with E-state index in [9.17, 15) is 4.79 Å². The van der Waals surface area contributed by atoms with Crippen LogP contribution < -0.4 is 11.5 Å². The van der Waals surface area contributed by atoms with Crippen LogP contribution in [0.15, 0.2) is 12.2 Å². The standard InChI is InChI=1S/C13H26N2O/c1-2-3-4-5-6-7-8-9-10-12(14)11-13(15)16/h9-10,12H,2-8,11,14H2,1H3,(H2,15,16)/b10-9+. The number of rotatable bonds is 10. The smallest absolute Gasteiger partial charge is 0.219 e. The van der Waals surface area contributed by atoms with E-state index in [1.807, 2.05) is 6.08 Å². The predicted molar refractivity (Wildman–Crippen MR) is 68.9 cm³/mol. The van der Waals surface area contributed by atoms with E-state index in [4.69, 9.17) is 11.5 Å². The molecule has 0 aromatic rings. The van der Waals surface area contributed by atoms with Crippen LogP contribution in [0.1, 0.15) is 58.3 Å². The molecule has 0 saturated carbocycles. The first-order chi connectivity index (χ1) is 7.66. The van der Waals surface area contributed by atoms with Crippen molar-refractivity contribution in [1.29, 1.82) is 0 Å². The summed E-state index contributed by atoms with van der Waals surface area (Å²) in [5, 5.41) is 0. The quantitative estimate of drug-likeness (QED) is 0.444. The third-order valence-electron chi connectivity index (χ3n) is 2.54. The number of carbonyl (C=O) groups excluding carboxylic acids is 1. The Balaban J connectivity index is 3.30. The zero-order valence-corrected chi connectivity index (χ0v) is 10.5. The highest BCUT2D eigenvalue weighted by atomic mass is 16.1. The van der Waals surface area contributed by atoms with Crippen LogP contribution >= 0.6 is 0 Å². The van der Waals surface area contributed by atoms with Crippen molar-refractivity contribution in [2.75, 3.05) is 0 Å². The summed E-state index contributed by atoms with van der Waals surface area (Å²) in [4.78, 5) is 10.6. The van der Waals surface area contributed by atoms with Crippen molar-refractivity contribution in [2.24, 2.45) is 11.5 Å². The monoisotopic (exact) mass is 226 g/mol. The average Bonchev–Trinajstić information content (AvgIpc) is 2.21. The van der Waals surface area contributed by atoms with Crippen molar-refractivity contribution in [3.05, 3.63) is 12.2 Å². The summed E-state index contributed by atoms with van der Waals surface area (Å²) in [6.07, 6.45) is 13.1. The fourth-order valence-electron chi connectivity index (χ4n) is 1.61. The molecule has 0 aliphatic rings. The van der Waals surface area contributed by atoms with Gasteiger partial charge in [-0.25, -0.2) is 0 Å². The SMILES string of the molecule is CCCCCCCC/C=C/C(N)CC(N)=O. The molecule has 0 aromatic heterocycles. The second-order valence-corrected chi connectivity index (χ2v) is 4.32. The Morgan fingerprint density at radius 2 is 1.81 bits per heavy atom. The Morgan fingerprint density at radius 3 is 2.44 bits per heavy atom. The molecule has 1 unspecified atom stereocenters. The van der Waals surface area contributed by atoms with Crippen LogP contribution in [0.3, 0.4) is 0 Å². The van der Waals surface area contributed by atoms with Gasteiger partial charge in [-0.05, 0) is 12.8 Å². The summed E-state index contributed by atoms with van der Waals surface area (Å²) in [6, 6.07) is -0.211. The number of carbonyl (C=O) groups is 1. The van der Waals surface area contributed by atoms with Gasteiger partial charge in [0.2, 0.25) is 5.91 Å². The van der Waals surface area contributed by atoms with E-state index in [0.717, 1.165) is 6.42 Å². The number of primary amides is 1. The molecule has 0 rings (SSSR count). The molecule has 0 fully saturated rings. The third kappa shape index (κ3) is 11.2. The van der Waals surface area contributed by atoms with E-state index in [1.165, 1.54) is 38.5 Å². The Bertz CT molecular complexity index is 202. The van der Waals surface area contributed by atoms with Gasteiger partial charge < -0.3 is 11.5 Å². The Labute approximate surface area is 99.3 Å². The summed E-state index contributed by atoms with van der Waals surface area (Å²) >= 11 is 0. The number of unbranched alkanes of at least 4 members (excludes halogenated alkanes) is 6. The molecule has 0 aliphatic carbocycles. The molecule has 3 nitrogen and oxygen atoms in total. The number of nitrogens with two attached hydrogens (primary N) is 2. The molecule has 0 radical (unpaired) electrons. The molecule has 0 heterocycles. The lowest BCUT2D eigenvalue weighted by Gasteiger charge is -2.02. The van der Waals surface area contributed by atoms with E-state index in [-0.39, 0.29) is 18.4 Å². The summed E-state index contributed by atoms with van der Waals surface area (Å²) in [5.41, 5.74) is 10.7. The minimum Gasteiger partial charge on any atom is -0.370 e. The Kier molecular flexibility index (Phi) is 10.1. The van der Waals surface area contributed by atoms with Gasteiger partial charge in [-0.15, -0.1) is 0 Å². The number of amides is 1. The van der Waals surface area contributed by atoms with Gasteiger partial charge in [-0.2, -0.15) is 0 Å². The van der Waals surface area contributed by atoms with Crippen LogP contribution in [0.5, 0.6) is 0 Å². The lowest BCUT2D eigenvalue weighted by Crippen LogP contribution is -2.25. The van der Waals surface area contributed by atoms with Crippen molar-refractivity contribution in [2.45, 2.75) is 64.3 Å². The first-order valence-corrected chi connectivity index (χ1v) is 6.37. The van der Waals surface area contributed by atoms with Crippen molar-refractivity contribution >= 4 is 5.91 Å². The van der Waals surface area contributed by atoms with Gasteiger partial charge in [0.05, 0.1) is 0 Å². The molecular weight excluding hydrogens is 200 g/mol. The molecule has 1 atom stereocenters. The summed E-state index contributed by atoms with van der Waals surface area (Å²) in [7, 11) is 0. The minimum atomic E-state index is -0.336. The van der Waals surface area contributed by atoms with Crippen molar-refractivity contribution < 1.29 is 4.79 Å². The van der Waals surface area contributed by atoms with Gasteiger partial charge in [-0.3, -0.25) is 4.79 Å². The number of allylic oxidation sites excluding steroid dienone is 1. The highest BCUT2D eigenvalue weighted by Gasteiger charge is 2.00. The van der Waals surface area contributed by atoms with Crippen molar-refractivity contribution in [3.63, 3.8) is 0 Å². The molecule has 0 aromatic carbocycles. The van der Waals surface area contributed by atoms with Crippen molar-refractivity contribution in [1.82, 2.24) is 0 Å². The molecular formula is C13H26N2O. The molecule has 3 heteroatoms. The second kappa shape index (κ2) is 10.7. The van der Waals surface area contributed by atoms with Crippen LogP contribution in [0, 0.1) is 0 Å². The zero-order valence-electron chi connectivity index (χ0n) is 10.5. The van der Waals surface area contributed by atoms with Crippen LogP contribution in [-0.4, -0.2) is 11.9 Å². The van der Waals surface area contributed by atoms with E-state index in [1.54, 1.807) is 0 Å². The highest BCUT2D eigenvalue weighted by molar-refractivity contribution is 5.74. The second-order valence-electron chi connectivity index (χ2n) is 4.32. The normalized spacial score (nSPS) is 13.1. The Hall–Kier alpha value is -0.830. The van der Waals surface area contributed by atoms with Gasteiger partial charge >= 0.3 is 0 Å². The summed E-state index contributed by atoms with van der Waals surface area (Å²) in [5.74, 6) is -0.336. The molecule has 0 bridgehead atoms. The van der Waals surface area contributed by atoms with Gasteiger partial charge in [0.15, 0.2) is 0 Å². The molecule has 16 heavy (non-hydrogen) atoms. The molecule has 0 saturated heterocycles. The number of hydrogen-bond donors (Lipinski definition) is 2. The molecule has 94 valence electrons. The van der Waals surface area contributed by atoms with Crippen LogP contribution in [0.25, 0.3) is 0 Å². The predicted octanol–water partition coefficient (Wildman–Crippen LogP) is 2.50. The maximum absolute atomic E-state index is 10.6. The van der Waals surface area contributed by atoms with Crippen molar-refractivity contribution in [3.8, 4) is 0 Å². The average molecular weight is 226 g/mol. The van der Waals surface area contributed by atoms with Gasteiger partial charge in [0.25, 0.3) is 0 Å². The molecule has 1 amide bonds. The van der Waals surface area contributed by atoms with Gasteiger partial charge in [-0.1, -0.05) is 51.2 Å². The Morgan fingerprint density at radius 1 is 1.19 bits per heavy atom. The first kappa shape index (κ1) is 15.2. The van der Waals surface area contributed by atoms with E-state index in [2.05, 4.69) is 13.0 Å². The molecule has 0 aliphatic heterocycles. The maximum Gasteiger partial charge on any atom is 0.219 e. The zero-order chi connectivity index (χ0) is 12.2. The lowest BCUT2D eigenvalue weighted by atomic mass is 10.1. The van der Waals surface area contributed by atoms with Crippen LogP contribution in [-0.2, 0) is 4.79 Å². The number of hydrogen-bond acceptors (Lipinski definition) is 2. The summed E-state index contributed by atoms with van der Waals surface area (Å²) in [6.45, 7) is 2.23. The fraction of sp³-hybridized carbons (Fsp3) is 0.769. The highest BCUT2D eigenvalue weighted by Crippen LogP contribution is 2.07. The fourth-order valence-corrected chi connectivity index (χ4v) is 1.61. The van der Waals surface area contributed by atoms with E-state index < -0.39 is 0 Å². The van der Waals surface area contributed by atoms with Crippen LogP contribution in [0.2, 0.25) is 0 Å². The lowest BCUT2D eigenvalue weighted by molar-refractivity contribution is -0.118. The van der Waals surface area contributed by atoms with Gasteiger partial charge in [0, 0.05) is 12.5 Å². The third-order valence-corrected chi connectivity index (χ3v) is 2.54. The van der Waals surface area contributed by atoms with Crippen LogP contribution in [0.4, 0.5) is 0 Å². The largest absolute Gasteiger partial charge is 0.370 e. The van der Waals surface area contributed by atoms with E-state index >= 15 is 0 Å². The van der Waals surface area contributed by atoms with Gasteiger partial charge in [0.1, 0.15) is 0 Å². The molecule has 4 N–H and O–H groups in total. The maximum atomic E-state index is 10.6. The minimum absolute atomic E-state index is 0.211. The molecule has 0 spiro atoms. The van der Waals surface area contributed by atoms with E-state index in [0.29, 0.717) is 0 Å². The summed E-state index contributed by atoms with van der Waals surface area (Å²) < 4.78 is 0.